The molecule has 1 aromatic heterocycles. The molecular weight excluding hydrogens is 271 g/mol. The van der Waals surface area contributed by atoms with Crippen LogP contribution in [0.15, 0.2) is 36.7 Å². The molecule has 0 saturated heterocycles. The molecule has 0 bridgehead atoms. The fraction of sp³-hybridized carbons (Fsp3) is 0. The molecule has 0 unspecified atom stereocenters. The topological polar surface area (TPSA) is 80.0 Å². The van der Waals surface area contributed by atoms with Crippen LogP contribution in [0, 0.1) is 5.82 Å². The Morgan fingerprint density at radius 2 is 2.16 bits per heavy atom. The van der Waals surface area contributed by atoms with E-state index in [0.29, 0.717) is 5.69 Å². The minimum absolute atomic E-state index is 0.0750. The first-order chi connectivity index (χ1) is 9.13. The lowest BCUT2D eigenvalue weighted by Gasteiger charge is -2.10. The van der Waals surface area contributed by atoms with Gasteiger partial charge in [-0.2, -0.15) is 0 Å². The number of rotatable bonds is 3. The Labute approximate surface area is 113 Å². The lowest BCUT2D eigenvalue weighted by atomic mass is 10.2. The van der Waals surface area contributed by atoms with Crippen LogP contribution in [0.3, 0.4) is 0 Å². The number of nitrogen functional groups attached to an aromatic ring is 1. The van der Waals surface area contributed by atoms with Crippen molar-refractivity contribution in [3.63, 3.8) is 0 Å². The van der Waals surface area contributed by atoms with E-state index in [0.717, 1.165) is 0 Å². The van der Waals surface area contributed by atoms with E-state index in [9.17, 15) is 9.18 Å². The van der Waals surface area contributed by atoms with Gasteiger partial charge in [-0.05, 0) is 18.2 Å². The molecule has 0 radical (unpaired) electrons. The summed E-state index contributed by atoms with van der Waals surface area (Å²) in [5, 5.41) is 2.52. The second kappa shape index (κ2) is 5.64. The van der Waals surface area contributed by atoms with Crippen LogP contribution in [0.2, 0.25) is 5.02 Å². The number of nitrogens with zero attached hydrogens (tertiary/aromatic N) is 1. The summed E-state index contributed by atoms with van der Waals surface area (Å²) >= 11 is 5.83. The monoisotopic (exact) mass is 280 g/mol. The molecule has 5 nitrogen and oxygen atoms in total. The van der Waals surface area contributed by atoms with E-state index in [1.165, 1.54) is 36.7 Å². The molecule has 0 atom stereocenters. The van der Waals surface area contributed by atoms with Gasteiger partial charge in [0, 0.05) is 6.20 Å². The van der Waals surface area contributed by atoms with Gasteiger partial charge in [0.05, 0.1) is 28.2 Å². The van der Waals surface area contributed by atoms with Crippen molar-refractivity contribution in [2.75, 3.05) is 10.7 Å². The summed E-state index contributed by atoms with van der Waals surface area (Å²) in [4.78, 5) is 15.9. The summed E-state index contributed by atoms with van der Waals surface area (Å²) in [6.45, 7) is 0. The molecule has 0 aliphatic rings. The minimum atomic E-state index is -0.614. The average molecular weight is 281 g/mol. The summed E-state index contributed by atoms with van der Waals surface area (Å²) in [7, 11) is 0. The first-order valence-corrected chi connectivity index (χ1v) is 5.67. The number of aromatic nitrogens is 1. The highest BCUT2D eigenvalue weighted by Crippen LogP contribution is 2.25. The molecule has 19 heavy (non-hydrogen) atoms. The van der Waals surface area contributed by atoms with Crippen molar-refractivity contribution in [1.82, 2.24) is 4.98 Å². The first kappa shape index (κ1) is 13.3. The van der Waals surface area contributed by atoms with Crippen molar-refractivity contribution in [2.45, 2.75) is 0 Å². The van der Waals surface area contributed by atoms with E-state index in [2.05, 4.69) is 15.7 Å². The molecule has 0 spiro atoms. The number of pyridine rings is 1. The number of nitrogens with one attached hydrogen (secondary N) is 2. The lowest BCUT2D eigenvalue weighted by molar-refractivity contribution is 0.102. The lowest BCUT2D eigenvalue weighted by Crippen LogP contribution is -2.18. The Morgan fingerprint density at radius 1 is 1.37 bits per heavy atom. The third kappa shape index (κ3) is 2.81. The van der Waals surface area contributed by atoms with Crippen LogP contribution in [-0.4, -0.2) is 10.9 Å². The average Bonchev–Trinajstić information content (AvgIpc) is 2.42. The first-order valence-electron chi connectivity index (χ1n) is 5.29. The SMILES string of the molecule is NNc1cnccc1C(=O)Nc1c(F)cccc1Cl. The Hall–Kier alpha value is -2.18. The van der Waals surface area contributed by atoms with Crippen molar-refractivity contribution in [3.8, 4) is 0 Å². The maximum Gasteiger partial charge on any atom is 0.258 e. The number of halogens is 2. The van der Waals surface area contributed by atoms with Gasteiger partial charge in [0.2, 0.25) is 0 Å². The zero-order chi connectivity index (χ0) is 13.8. The molecule has 1 heterocycles. The van der Waals surface area contributed by atoms with Crippen LogP contribution in [0.5, 0.6) is 0 Å². The summed E-state index contributed by atoms with van der Waals surface area (Å²) in [5.74, 6) is 4.12. The Bertz CT molecular complexity index is 600. The molecule has 0 aliphatic heterocycles. The van der Waals surface area contributed by atoms with Crippen LogP contribution in [0.25, 0.3) is 0 Å². The molecule has 0 fully saturated rings. The van der Waals surface area contributed by atoms with E-state index < -0.39 is 11.7 Å². The second-order valence-electron chi connectivity index (χ2n) is 3.62. The molecule has 1 amide bonds. The summed E-state index contributed by atoms with van der Waals surface area (Å²) in [6.07, 6.45) is 2.82. The van der Waals surface area contributed by atoms with Crippen molar-refractivity contribution in [1.29, 1.82) is 0 Å². The van der Waals surface area contributed by atoms with Gasteiger partial charge in [0.15, 0.2) is 0 Å². The van der Waals surface area contributed by atoms with Gasteiger partial charge in [0.1, 0.15) is 5.82 Å². The third-order valence-corrected chi connectivity index (χ3v) is 2.74. The highest BCUT2D eigenvalue weighted by Gasteiger charge is 2.15. The van der Waals surface area contributed by atoms with Crippen molar-refractivity contribution in [2.24, 2.45) is 5.84 Å². The van der Waals surface area contributed by atoms with Gasteiger partial charge in [-0.25, -0.2) is 4.39 Å². The van der Waals surface area contributed by atoms with E-state index in [1.54, 1.807) is 0 Å². The molecule has 4 N–H and O–H groups in total. The molecule has 1 aromatic carbocycles. The summed E-state index contributed by atoms with van der Waals surface area (Å²) in [6, 6.07) is 5.59. The maximum atomic E-state index is 13.6. The van der Waals surface area contributed by atoms with Crippen LogP contribution in [0.1, 0.15) is 10.4 Å². The predicted octanol–water partition coefficient (Wildman–Crippen LogP) is 2.41. The van der Waals surface area contributed by atoms with Gasteiger partial charge in [-0.15, -0.1) is 0 Å². The van der Waals surface area contributed by atoms with Crippen LogP contribution in [-0.2, 0) is 0 Å². The van der Waals surface area contributed by atoms with E-state index in [-0.39, 0.29) is 16.3 Å². The van der Waals surface area contributed by atoms with Crippen LogP contribution < -0.4 is 16.6 Å². The highest BCUT2D eigenvalue weighted by molar-refractivity contribution is 6.34. The number of carbonyl (C=O) groups excluding carboxylic acids is 1. The third-order valence-electron chi connectivity index (χ3n) is 2.42. The number of benzene rings is 1. The van der Waals surface area contributed by atoms with Crippen molar-refractivity contribution in [3.05, 3.63) is 53.1 Å². The van der Waals surface area contributed by atoms with Gasteiger partial charge in [-0.1, -0.05) is 17.7 Å². The smallest absolute Gasteiger partial charge is 0.258 e. The number of nitrogens with two attached hydrogens (primary N) is 1. The fourth-order valence-corrected chi connectivity index (χ4v) is 1.72. The standard InChI is InChI=1S/C12H10ClFN4O/c13-8-2-1-3-9(14)11(8)17-12(19)7-4-5-16-6-10(7)18-15/h1-6,18H,15H2,(H,17,19). The largest absolute Gasteiger partial charge is 0.322 e. The van der Waals surface area contributed by atoms with E-state index >= 15 is 0 Å². The van der Waals surface area contributed by atoms with Crippen molar-refractivity contribution >= 4 is 28.9 Å². The van der Waals surface area contributed by atoms with E-state index in [4.69, 9.17) is 17.4 Å². The quantitative estimate of drug-likeness (QED) is 0.596. The number of hydrogen-bond donors (Lipinski definition) is 3. The Kier molecular flexibility index (Phi) is 3.94. The van der Waals surface area contributed by atoms with Gasteiger partial charge >= 0.3 is 0 Å². The molecule has 2 rings (SSSR count). The molecule has 7 heteroatoms. The molecule has 0 saturated carbocycles. The predicted molar refractivity (Wildman–Crippen MR) is 71.4 cm³/mol. The van der Waals surface area contributed by atoms with Crippen LogP contribution >= 0.6 is 11.6 Å². The van der Waals surface area contributed by atoms with E-state index in [1.807, 2.05) is 0 Å². The number of hydrogen-bond acceptors (Lipinski definition) is 4. The maximum absolute atomic E-state index is 13.6. The number of para-hydroxylation sites is 1. The van der Waals surface area contributed by atoms with Gasteiger partial charge in [-0.3, -0.25) is 15.6 Å². The molecule has 98 valence electrons. The molecular formula is C12H10ClFN4O. The fourth-order valence-electron chi connectivity index (χ4n) is 1.51. The number of hydrazine groups is 1. The van der Waals surface area contributed by atoms with Crippen molar-refractivity contribution < 1.29 is 9.18 Å². The number of anilines is 2. The number of amides is 1. The zero-order valence-electron chi connectivity index (χ0n) is 9.65. The zero-order valence-corrected chi connectivity index (χ0v) is 10.4. The highest BCUT2D eigenvalue weighted by atomic mass is 35.5. The number of carbonyl (C=O) groups is 1. The Morgan fingerprint density at radius 3 is 2.84 bits per heavy atom. The molecule has 0 aliphatic carbocycles. The van der Waals surface area contributed by atoms with Crippen LogP contribution in [0.4, 0.5) is 15.8 Å². The normalized spacial score (nSPS) is 10.1. The summed E-state index contributed by atoms with van der Waals surface area (Å²) in [5.41, 5.74) is 2.83. The summed E-state index contributed by atoms with van der Waals surface area (Å²) < 4.78 is 13.6. The Balaban J connectivity index is 2.31. The van der Waals surface area contributed by atoms with Gasteiger partial charge in [0.25, 0.3) is 5.91 Å². The second-order valence-corrected chi connectivity index (χ2v) is 4.02. The minimum Gasteiger partial charge on any atom is -0.322 e. The molecule has 2 aromatic rings. The van der Waals surface area contributed by atoms with Gasteiger partial charge < -0.3 is 10.7 Å².